The van der Waals surface area contributed by atoms with Crippen molar-refractivity contribution in [2.75, 3.05) is 18.5 Å². The number of rotatable bonds is 4. The summed E-state index contributed by atoms with van der Waals surface area (Å²) in [5, 5.41) is 33.3. The molecular weight excluding hydrogens is 345 g/mol. The van der Waals surface area contributed by atoms with Gasteiger partial charge in [0.05, 0.1) is 27.7 Å². The first-order chi connectivity index (χ1) is 11.0. The van der Waals surface area contributed by atoms with Crippen LogP contribution in [0, 0.1) is 0 Å². The van der Waals surface area contributed by atoms with Gasteiger partial charge in [0.2, 0.25) is 5.95 Å². The van der Waals surface area contributed by atoms with Crippen molar-refractivity contribution in [1.29, 1.82) is 0 Å². The third-order valence-corrected chi connectivity index (χ3v) is 4.56. The summed E-state index contributed by atoms with van der Waals surface area (Å²) in [6.07, 6.45) is -4.18. The van der Waals surface area contributed by atoms with E-state index in [9.17, 15) is 15.3 Å². The number of aromatic nitrogens is 2. The Morgan fingerprint density at radius 1 is 1.26 bits per heavy atom. The Morgan fingerprint density at radius 2 is 1.96 bits per heavy atom. The van der Waals surface area contributed by atoms with Crippen molar-refractivity contribution < 1.29 is 20.1 Å². The molecule has 0 unspecified atom stereocenters. The average Bonchev–Trinajstić information content (AvgIpc) is 2.99. The minimum absolute atomic E-state index is 0.343. The maximum absolute atomic E-state index is 10.3. The number of imidazole rings is 1. The van der Waals surface area contributed by atoms with Gasteiger partial charge in [-0.05, 0) is 19.1 Å². The van der Waals surface area contributed by atoms with Gasteiger partial charge in [-0.1, -0.05) is 23.2 Å². The van der Waals surface area contributed by atoms with Crippen LogP contribution in [0.15, 0.2) is 12.1 Å². The molecule has 1 aromatic carbocycles. The van der Waals surface area contributed by atoms with Gasteiger partial charge < -0.3 is 25.4 Å². The van der Waals surface area contributed by atoms with Crippen LogP contribution in [0.2, 0.25) is 10.0 Å². The molecule has 9 heteroatoms. The minimum atomic E-state index is -1.21. The lowest BCUT2D eigenvalue weighted by atomic mass is 10.1. The number of nitrogens with zero attached hydrogens (tertiary/aromatic N) is 2. The molecule has 2 heterocycles. The molecule has 1 aromatic heterocycles. The number of hydrogen-bond acceptors (Lipinski definition) is 6. The number of nitrogens with one attached hydrogen (secondary N) is 1. The summed E-state index contributed by atoms with van der Waals surface area (Å²) in [7, 11) is 0. The smallest absolute Gasteiger partial charge is 0.206 e. The second kappa shape index (κ2) is 6.43. The topological polar surface area (TPSA) is 99.8 Å². The highest BCUT2D eigenvalue weighted by molar-refractivity contribution is 6.42. The highest BCUT2D eigenvalue weighted by Crippen LogP contribution is 2.37. The fourth-order valence-electron chi connectivity index (χ4n) is 2.72. The van der Waals surface area contributed by atoms with Crippen LogP contribution in [0.1, 0.15) is 13.2 Å². The quantitative estimate of drug-likeness (QED) is 0.656. The zero-order valence-electron chi connectivity index (χ0n) is 12.3. The molecule has 126 valence electrons. The Hall–Kier alpha value is -1.09. The number of aliphatic hydroxyl groups excluding tert-OH is 3. The van der Waals surface area contributed by atoms with Gasteiger partial charge in [0.1, 0.15) is 18.3 Å². The molecule has 4 N–H and O–H groups in total. The van der Waals surface area contributed by atoms with Crippen LogP contribution >= 0.6 is 23.2 Å². The summed E-state index contributed by atoms with van der Waals surface area (Å²) < 4.78 is 7.22. The largest absolute Gasteiger partial charge is 0.394 e. The fourth-order valence-corrected chi connectivity index (χ4v) is 3.04. The molecule has 3 rings (SSSR count). The van der Waals surface area contributed by atoms with Crippen LogP contribution in [-0.2, 0) is 4.74 Å². The first-order valence-corrected chi connectivity index (χ1v) is 7.96. The Bertz CT molecular complexity index is 724. The van der Waals surface area contributed by atoms with Gasteiger partial charge in [0.15, 0.2) is 6.23 Å². The maximum atomic E-state index is 10.3. The van der Waals surface area contributed by atoms with E-state index in [-0.39, 0.29) is 0 Å². The molecule has 7 nitrogen and oxygen atoms in total. The molecule has 4 atom stereocenters. The third-order valence-electron chi connectivity index (χ3n) is 3.84. The Labute approximate surface area is 142 Å². The minimum Gasteiger partial charge on any atom is -0.394 e. The van der Waals surface area contributed by atoms with E-state index in [0.717, 1.165) is 0 Å². The maximum Gasteiger partial charge on any atom is 0.206 e. The summed E-state index contributed by atoms with van der Waals surface area (Å²) in [6, 6.07) is 3.25. The highest BCUT2D eigenvalue weighted by Gasteiger charge is 2.44. The monoisotopic (exact) mass is 361 g/mol. The van der Waals surface area contributed by atoms with Crippen molar-refractivity contribution in [2.24, 2.45) is 0 Å². The van der Waals surface area contributed by atoms with Gasteiger partial charge in [-0.3, -0.25) is 4.57 Å². The van der Waals surface area contributed by atoms with E-state index >= 15 is 0 Å². The van der Waals surface area contributed by atoms with Crippen LogP contribution in [0.5, 0.6) is 0 Å². The van der Waals surface area contributed by atoms with E-state index in [4.69, 9.17) is 27.9 Å². The normalized spacial score (nSPS) is 27.7. The van der Waals surface area contributed by atoms with Gasteiger partial charge in [0.25, 0.3) is 0 Å². The molecule has 0 radical (unpaired) electrons. The first-order valence-electron chi connectivity index (χ1n) is 7.21. The van der Waals surface area contributed by atoms with Crippen molar-refractivity contribution in [1.82, 2.24) is 9.55 Å². The molecule has 0 amide bonds. The van der Waals surface area contributed by atoms with E-state index < -0.39 is 31.1 Å². The van der Waals surface area contributed by atoms with Crippen molar-refractivity contribution >= 4 is 40.2 Å². The predicted octanol–water partition coefficient (Wildman–Crippen LogP) is 1.39. The lowest BCUT2D eigenvalue weighted by Gasteiger charge is -2.20. The highest BCUT2D eigenvalue weighted by atomic mass is 35.5. The predicted molar refractivity (Wildman–Crippen MR) is 86.9 cm³/mol. The molecule has 1 saturated heterocycles. The van der Waals surface area contributed by atoms with Gasteiger partial charge in [-0.15, -0.1) is 0 Å². The summed E-state index contributed by atoms with van der Waals surface area (Å²) in [6.45, 7) is 2.10. The van der Waals surface area contributed by atoms with E-state index in [0.29, 0.717) is 33.6 Å². The number of hydrogen-bond donors (Lipinski definition) is 4. The molecule has 1 aliphatic heterocycles. The number of fused-ring (bicyclic) bond motifs is 1. The Morgan fingerprint density at radius 3 is 2.57 bits per heavy atom. The molecule has 23 heavy (non-hydrogen) atoms. The molecule has 1 fully saturated rings. The Balaban J connectivity index is 2.15. The number of aliphatic hydroxyl groups is 3. The van der Waals surface area contributed by atoms with E-state index in [1.807, 2.05) is 6.92 Å². The second-order valence-electron chi connectivity index (χ2n) is 5.32. The van der Waals surface area contributed by atoms with Gasteiger partial charge in [-0.25, -0.2) is 4.98 Å². The summed E-state index contributed by atoms with van der Waals surface area (Å²) in [4.78, 5) is 4.43. The summed E-state index contributed by atoms with van der Waals surface area (Å²) in [5.41, 5.74) is 1.18. The van der Waals surface area contributed by atoms with Gasteiger partial charge >= 0.3 is 0 Å². The summed E-state index contributed by atoms with van der Waals surface area (Å²) in [5.74, 6) is 0.454. The standard InChI is InChI=1S/C14H17Cl2N3O4/c1-2-17-14-18-8-3-6(15)7(16)4-9(8)19(14)13-12(22)11(21)10(5-20)23-13/h3-4,10-13,20-22H,2,5H2,1H3,(H,17,18)/t10-,11-,12-,13-/m1/s1. The molecule has 2 aromatic rings. The molecule has 0 aliphatic carbocycles. The van der Waals surface area contributed by atoms with E-state index in [1.54, 1.807) is 16.7 Å². The summed E-state index contributed by atoms with van der Waals surface area (Å²) >= 11 is 12.1. The molecule has 0 saturated carbocycles. The number of benzene rings is 1. The number of ether oxygens (including phenoxy) is 1. The fraction of sp³-hybridized carbons (Fsp3) is 0.500. The average molecular weight is 362 g/mol. The molecule has 1 aliphatic rings. The van der Waals surface area contributed by atoms with Gasteiger partial charge in [0, 0.05) is 6.54 Å². The lowest BCUT2D eigenvalue weighted by Crippen LogP contribution is -2.33. The zero-order chi connectivity index (χ0) is 16.7. The number of halogens is 2. The lowest BCUT2D eigenvalue weighted by molar-refractivity contribution is -0.0499. The molecule has 0 bridgehead atoms. The SMILES string of the molecule is CCNc1nc2cc(Cl)c(Cl)cc2n1[C@@H]1O[C@H](CO)[C@@H](O)[C@H]1O. The Kier molecular flexibility index (Phi) is 4.68. The third kappa shape index (κ3) is 2.77. The van der Waals surface area contributed by atoms with E-state index in [1.165, 1.54) is 0 Å². The molecular formula is C14H17Cl2N3O4. The van der Waals surface area contributed by atoms with Crippen LogP contribution in [0.3, 0.4) is 0 Å². The van der Waals surface area contributed by atoms with E-state index in [2.05, 4.69) is 10.3 Å². The van der Waals surface area contributed by atoms with Crippen molar-refractivity contribution in [2.45, 2.75) is 31.5 Å². The number of anilines is 1. The van der Waals surface area contributed by atoms with Crippen LogP contribution in [0.4, 0.5) is 5.95 Å². The second-order valence-corrected chi connectivity index (χ2v) is 6.13. The van der Waals surface area contributed by atoms with Gasteiger partial charge in [-0.2, -0.15) is 0 Å². The molecule has 0 spiro atoms. The van der Waals surface area contributed by atoms with Crippen molar-refractivity contribution in [3.05, 3.63) is 22.2 Å². The first kappa shape index (κ1) is 16.8. The van der Waals surface area contributed by atoms with Crippen LogP contribution in [-0.4, -0.2) is 56.3 Å². The van der Waals surface area contributed by atoms with Crippen molar-refractivity contribution in [3.8, 4) is 0 Å². The van der Waals surface area contributed by atoms with Crippen LogP contribution in [0.25, 0.3) is 11.0 Å². The zero-order valence-corrected chi connectivity index (χ0v) is 13.8. The van der Waals surface area contributed by atoms with Crippen molar-refractivity contribution in [3.63, 3.8) is 0 Å². The van der Waals surface area contributed by atoms with Crippen LogP contribution < -0.4 is 5.32 Å².